The van der Waals surface area contributed by atoms with Crippen LogP contribution in [0.4, 0.5) is 0 Å². The van der Waals surface area contributed by atoms with Crippen LogP contribution in [0.2, 0.25) is 0 Å². The van der Waals surface area contributed by atoms with Crippen molar-refractivity contribution in [3.05, 3.63) is 88.7 Å². The van der Waals surface area contributed by atoms with Crippen molar-refractivity contribution in [3.8, 4) is 11.5 Å². The van der Waals surface area contributed by atoms with Gasteiger partial charge in [-0.1, -0.05) is 62.4 Å². The maximum Gasteiger partial charge on any atom is 0.279 e. The highest BCUT2D eigenvalue weighted by Gasteiger charge is 2.11. The number of thiazole rings is 1. The number of hydrogen-bond donors (Lipinski definition) is 0. The normalized spacial score (nSPS) is 11.9. The molecule has 4 aromatic rings. The minimum atomic E-state index is -0.265. The van der Waals surface area contributed by atoms with Crippen molar-refractivity contribution in [2.75, 3.05) is 0 Å². The van der Waals surface area contributed by atoms with E-state index in [1.807, 2.05) is 42.5 Å². The van der Waals surface area contributed by atoms with Crippen LogP contribution in [0, 0.1) is 0 Å². The quantitative estimate of drug-likeness (QED) is 0.339. The van der Waals surface area contributed by atoms with E-state index in [0.29, 0.717) is 17.2 Å². The lowest BCUT2D eigenvalue weighted by molar-refractivity contribution is 0.0997. The topological polar surface area (TPSA) is 43.6 Å². The molecular formula is C26H26N2O2S. The summed E-state index contributed by atoms with van der Waals surface area (Å²) >= 11 is 1.57. The summed E-state index contributed by atoms with van der Waals surface area (Å²) in [5.41, 5.74) is 2.93. The molecule has 0 fully saturated rings. The number of rotatable bonds is 6. The van der Waals surface area contributed by atoms with Gasteiger partial charge in [0.25, 0.3) is 5.91 Å². The van der Waals surface area contributed by atoms with Crippen molar-refractivity contribution in [3.63, 3.8) is 0 Å². The molecule has 0 spiro atoms. The molecule has 4 rings (SSSR count). The first-order chi connectivity index (χ1) is 15.0. The summed E-state index contributed by atoms with van der Waals surface area (Å²) in [4.78, 5) is 18.2. The fourth-order valence-corrected chi connectivity index (χ4v) is 4.55. The molecule has 0 saturated carbocycles. The Hall–Kier alpha value is -3.18. The molecule has 1 aromatic heterocycles. The molecule has 0 saturated heterocycles. The highest BCUT2D eigenvalue weighted by Crippen LogP contribution is 2.25. The minimum Gasteiger partial charge on any atom is -0.457 e. The van der Waals surface area contributed by atoms with Crippen LogP contribution in [0.15, 0.2) is 77.8 Å². The molecule has 1 amide bonds. The van der Waals surface area contributed by atoms with Crippen molar-refractivity contribution >= 4 is 27.5 Å². The van der Waals surface area contributed by atoms with Crippen LogP contribution in [0.5, 0.6) is 11.5 Å². The molecule has 31 heavy (non-hydrogen) atoms. The second kappa shape index (κ2) is 9.31. The van der Waals surface area contributed by atoms with Gasteiger partial charge in [0.15, 0.2) is 4.80 Å². The zero-order valence-electron chi connectivity index (χ0n) is 18.0. The van der Waals surface area contributed by atoms with Crippen molar-refractivity contribution in [2.45, 2.75) is 39.7 Å². The summed E-state index contributed by atoms with van der Waals surface area (Å²) in [7, 11) is 0. The Bertz CT molecular complexity index is 1270. The lowest BCUT2D eigenvalue weighted by Crippen LogP contribution is -2.16. The molecule has 3 aromatic carbocycles. The predicted molar refractivity (Wildman–Crippen MR) is 127 cm³/mol. The van der Waals surface area contributed by atoms with Gasteiger partial charge in [-0.25, -0.2) is 0 Å². The van der Waals surface area contributed by atoms with Gasteiger partial charge in [-0.3, -0.25) is 4.79 Å². The summed E-state index contributed by atoms with van der Waals surface area (Å²) in [5, 5.41) is 0. The fraction of sp³-hybridized carbons (Fsp3) is 0.231. The second-order valence-electron chi connectivity index (χ2n) is 7.78. The van der Waals surface area contributed by atoms with Gasteiger partial charge in [-0.05, 0) is 60.4 Å². The average molecular weight is 431 g/mol. The Kier molecular flexibility index (Phi) is 6.33. The molecule has 1 heterocycles. The van der Waals surface area contributed by atoms with E-state index in [2.05, 4.69) is 48.5 Å². The molecule has 0 N–H and O–H groups in total. The van der Waals surface area contributed by atoms with E-state index in [9.17, 15) is 4.79 Å². The zero-order valence-corrected chi connectivity index (χ0v) is 18.9. The Labute approximate surface area is 186 Å². The highest BCUT2D eigenvalue weighted by molar-refractivity contribution is 7.16. The second-order valence-corrected chi connectivity index (χ2v) is 8.79. The van der Waals surface area contributed by atoms with Crippen LogP contribution >= 0.6 is 11.3 Å². The third-order valence-electron chi connectivity index (χ3n) is 5.08. The van der Waals surface area contributed by atoms with Gasteiger partial charge in [0, 0.05) is 12.1 Å². The molecule has 0 unspecified atom stereocenters. The van der Waals surface area contributed by atoms with E-state index in [0.717, 1.165) is 33.7 Å². The fourth-order valence-electron chi connectivity index (χ4n) is 3.44. The van der Waals surface area contributed by atoms with Crippen LogP contribution < -0.4 is 9.54 Å². The number of nitrogens with zero attached hydrogens (tertiary/aromatic N) is 2. The third-order valence-corrected chi connectivity index (χ3v) is 6.12. The molecule has 5 heteroatoms. The van der Waals surface area contributed by atoms with E-state index >= 15 is 0 Å². The number of carbonyl (C=O) groups excluding carboxylic acids is 1. The molecule has 0 aliphatic heterocycles. The summed E-state index contributed by atoms with van der Waals surface area (Å²) < 4.78 is 9.17. The first kappa shape index (κ1) is 21.1. The van der Waals surface area contributed by atoms with Crippen LogP contribution in [0.25, 0.3) is 10.2 Å². The SMILES string of the molecule is CCCn1c(=NC(=O)c2cccc(Oc3ccccc3)c2)sc2cc(C(C)C)ccc21. The van der Waals surface area contributed by atoms with Crippen molar-refractivity contribution in [1.82, 2.24) is 4.57 Å². The maximum atomic E-state index is 13.0. The van der Waals surface area contributed by atoms with Crippen LogP contribution in [-0.2, 0) is 6.54 Å². The molecule has 0 aliphatic carbocycles. The summed E-state index contributed by atoms with van der Waals surface area (Å²) in [5.74, 6) is 1.54. The van der Waals surface area contributed by atoms with E-state index in [1.54, 1.807) is 23.5 Å². The number of aryl methyl sites for hydroxylation is 1. The van der Waals surface area contributed by atoms with Gasteiger partial charge < -0.3 is 9.30 Å². The van der Waals surface area contributed by atoms with E-state index in [-0.39, 0.29) is 5.91 Å². The Morgan fingerprint density at radius 1 is 1.00 bits per heavy atom. The molecule has 0 aliphatic rings. The van der Waals surface area contributed by atoms with Crippen LogP contribution in [-0.4, -0.2) is 10.5 Å². The number of carbonyl (C=O) groups is 1. The van der Waals surface area contributed by atoms with Gasteiger partial charge in [-0.2, -0.15) is 4.99 Å². The number of amides is 1. The molecule has 0 radical (unpaired) electrons. The first-order valence-electron chi connectivity index (χ1n) is 10.6. The van der Waals surface area contributed by atoms with Crippen molar-refractivity contribution in [1.29, 1.82) is 0 Å². The van der Waals surface area contributed by atoms with Crippen LogP contribution in [0.3, 0.4) is 0 Å². The Morgan fingerprint density at radius 2 is 1.77 bits per heavy atom. The molecular weight excluding hydrogens is 404 g/mol. The van der Waals surface area contributed by atoms with Gasteiger partial charge in [-0.15, -0.1) is 0 Å². The van der Waals surface area contributed by atoms with Crippen LogP contribution in [0.1, 0.15) is 49.0 Å². The highest BCUT2D eigenvalue weighted by atomic mass is 32.1. The smallest absolute Gasteiger partial charge is 0.279 e. The molecule has 0 atom stereocenters. The molecule has 158 valence electrons. The number of fused-ring (bicyclic) bond motifs is 1. The number of ether oxygens (including phenoxy) is 1. The van der Waals surface area contributed by atoms with Gasteiger partial charge in [0.05, 0.1) is 10.2 Å². The lowest BCUT2D eigenvalue weighted by atomic mass is 10.0. The van der Waals surface area contributed by atoms with Gasteiger partial charge in [0.2, 0.25) is 0 Å². The molecule has 0 bridgehead atoms. The van der Waals surface area contributed by atoms with Gasteiger partial charge >= 0.3 is 0 Å². The third kappa shape index (κ3) is 4.78. The summed E-state index contributed by atoms with van der Waals surface area (Å²) in [6.07, 6.45) is 0.972. The average Bonchev–Trinajstić information content (AvgIpc) is 3.11. The number of aromatic nitrogens is 1. The summed E-state index contributed by atoms with van der Waals surface area (Å²) in [6.45, 7) is 7.33. The largest absolute Gasteiger partial charge is 0.457 e. The standard InChI is InChI=1S/C26H26N2O2S/c1-4-15-28-23-14-13-19(18(2)3)17-24(23)31-26(28)27-25(29)20-9-8-12-22(16-20)30-21-10-6-5-7-11-21/h5-14,16-18H,4,15H2,1-3H3. The van der Waals surface area contributed by atoms with Crippen molar-refractivity contribution < 1.29 is 9.53 Å². The number of benzene rings is 3. The van der Waals surface area contributed by atoms with E-state index in [1.165, 1.54) is 5.56 Å². The van der Waals surface area contributed by atoms with E-state index < -0.39 is 0 Å². The number of para-hydroxylation sites is 1. The summed E-state index contributed by atoms with van der Waals surface area (Å²) in [6, 6.07) is 23.2. The number of hydrogen-bond acceptors (Lipinski definition) is 3. The zero-order chi connectivity index (χ0) is 21.8. The van der Waals surface area contributed by atoms with Gasteiger partial charge in [0.1, 0.15) is 11.5 Å². The molecule has 4 nitrogen and oxygen atoms in total. The maximum absolute atomic E-state index is 13.0. The predicted octanol–water partition coefficient (Wildman–Crippen LogP) is 6.77. The van der Waals surface area contributed by atoms with Crippen molar-refractivity contribution in [2.24, 2.45) is 4.99 Å². The van der Waals surface area contributed by atoms with E-state index in [4.69, 9.17) is 4.74 Å². The first-order valence-corrected chi connectivity index (χ1v) is 11.4. The minimum absolute atomic E-state index is 0.265. The lowest BCUT2D eigenvalue weighted by Gasteiger charge is -2.07. The monoisotopic (exact) mass is 430 g/mol. The Morgan fingerprint density at radius 3 is 2.52 bits per heavy atom. The Balaban J connectivity index is 1.70.